The van der Waals surface area contributed by atoms with Crippen LogP contribution in [0.1, 0.15) is 21.5 Å². The molecule has 0 fully saturated rings. The van der Waals surface area contributed by atoms with Crippen LogP contribution >= 0.6 is 15.9 Å². The third-order valence-electron chi connectivity index (χ3n) is 1.97. The monoisotopic (exact) mass is 227 g/mol. The summed E-state index contributed by atoms with van der Waals surface area (Å²) in [7, 11) is 0. The summed E-state index contributed by atoms with van der Waals surface area (Å²) in [5, 5.41) is 0. The predicted molar refractivity (Wildman–Crippen MR) is 53.4 cm³/mol. The molecule has 0 radical (unpaired) electrons. The van der Waals surface area contributed by atoms with Gasteiger partial charge in [-0.05, 0) is 47.0 Å². The second-order valence-electron chi connectivity index (χ2n) is 2.75. The van der Waals surface area contributed by atoms with Crippen LogP contribution in [0.3, 0.4) is 0 Å². The van der Waals surface area contributed by atoms with Crippen molar-refractivity contribution in [2.45, 2.75) is 13.8 Å². The first-order chi connectivity index (χ1) is 5.57. The molecule has 0 unspecified atom stereocenters. The van der Waals surface area contributed by atoms with Gasteiger partial charge >= 0.3 is 0 Å². The van der Waals surface area contributed by atoms with E-state index in [9.17, 15) is 4.79 Å². The smallest absolute Gasteiger partial charge is 0.152 e. The lowest BCUT2D eigenvalue weighted by Crippen LogP contribution is -1.97. The molecule has 0 spiro atoms. The van der Waals surface area contributed by atoms with Crippen LogP contribution in [0.25, 0.3) is 0 Å². The van der Waals surface area contributed by atoms with Gasteiger partial charge in [-0.1, -0.05) is 0 Å². The van der Waals surface area contributed by atoms with E-state index in [2.05, 4.69) is 15.9 Å². The summed E-state index contributed by atoms with van der Waals surface area (Å²) in [6.07, 6.45) is 0.770. The first kappa shape index (κ1) is 9.26. The standard InChI is InChI=1S/C9H10BrNO/c1-5-3-7(4-12)9(11)8(10)6(5)2/h3-4H,11H2,1-2H3. The molecule has 1 rings (SSSR count). The summed E-state index contributed by atoms with van der Waals surface area (Å²) >= 11 is 3.34. The highest BCUT2D eigenvalue weighted by molar-refractivity contribution is 9.10. The highest BCUT2D eigenvalue weighted by atomic mass is 79.9. The van der Waals surface area contributed by atoms with Crippen molar-refractivity contribution in [2.75, 3.05) is 5.73 Å². The fourth-order valence-corrected chi connectivity index (χ4v) is 1.56. The lowest BCUT2D eigenvalue weighted by Gasteiger charge is -2.08. The van der Waals surface area contributed by atoms with E-state index in [4.69, 9.17) is 5.73 Å². The zero-order valence-electron chi connectivity index (χ0n) is 7.02. The predicted octanol–water partition coefficient (Wildman–Crippen LogP) is 2.46. The van der Waals surface area contributed by atoms with Gasteiger partial charge in [0.05, 0.1) is 5.69 Å². The van der Waals surface area contributed by atoms with Crippen molar-refractivity contribution in [3.63, 3.8) is 0 Å². The van der Waals surface area contributed by atoms with Crippen LogP contribution in [0.4, 0.5) is 5.69 Å². The minimum Gasteiger partial charge on any atom is -0.397 e. The molecule has 2 N–H and O–H groups in total. The zero-order valence-corrected chi connectivity index (χ0v) is 8.60. The van der Waals surface area contributed by atoms with Crippen LogP contribution in [0.2, 0.25) is 0 Å². The summed E-state index contributed by atoms with van der Waals surface area (Å²) in [6.45, 7) is 3.91. The van der Waals surface area contributed by atoms with E-state index in [1.165, 1.54) is 0 Å². The molecule has 0 bridgehead atoms. The van der Waals surface area contributed by atoms with Gasteiger partial charge in [-0.25, -0.2) is 0 Å². The molecule has 0 aromatic heterocycles. The van der Waals surface area contributed by atoms with Gasteiger partial charge in [0.15, 0.2) is 6.29 Å². The van der Waals surface area contributed by atoms with E-state index in [0.29, 0.717) is 11.3 Å². The largest absolute Gasteiger partial charge is 0.397 e. The number of carbonyl (C=O) groups excluding carboxylic acids is 1. The SMILES string of the molecule is Cc1cc(C=O)c(N)c(Br)c1C. The van der Waals surface area contributed by atoms with Crippen molar-refractivity contribution in [1.82, 2.24) is 0 Å². The number of hydrogen-bond donors (Lipinski definition) is 1. The minimum absolute atomic E-state index is 0.521. The molecule has 0 aliphatic rings. The summed E-state index contributed by atoms with van der Waals surface area (Å²) in [4.78, 5) is 10.5. The number of aryl methyl sites for hydroxylation is 1. The van der Waals surface area contributed by atoms with Crippen LogP contribution in [0, 0.1) is 13.8 Å². The third-order valence-corrected chi connectivity index (χ3v) is 2.99. The van der Waals surface area contributed by atoms with E-state index >= 15 is 0 Å². The van der Waals surface area contributed by atoms with Crippen LogP contribution in [-0.4, -0.2) is 6.29 Å². The van der Waals surface area contributed by atoms with Gasteiger partial charge in [-0.3, -0.25) is 4.79 Å². The number of nitrogen functional groups attached to an aromatic ring is 1. The summed E-state index contributed by atoms with van der Waals surface area (Å²) in [5.74, 6) is 0. The second-order valence-corrected chi connectivity index (χ2v) is 3.55. The molecule has 0 aliphatic heterocycles. The van der Waals surface area contributed by atoms with E-state index < -0.39 is 0 Å². The highest BCUT2D eigenvalue weighted by Crippen LogP contribution is 2.28. The van der Waals surface area contributed by atoms with Gasteiger partial charge in [0.2, 0.25) is 0 Å². The molecule has 0 aliphatic carbocycles. The fraction of sp³-hybridized carbons (Fsp3) is 0.222. The molecule has 0 amide bonds. The van der Waals surface area contributed by atoms with E-state index in [-0.39, 0.29) is 0 Å². The molecule has 1 aromatic carbocycles. The van der Waals surface area contributed by atoms with Gasteiger partial charge in [0.25, 0.3) is 0 Å². The third kappa shape index (κ3) is 1.37. The number of halogens is 1. The van der Waals surface area contributed by atoms with Gasteiger partial charge < -0.3 is 5.73 Å². The molecular formula is C9H10BrNO. The molecule has 0 saturated carbocycles. The second kappa shape index (κ2) is 3.27. The normalized spacial score (nSPS) is 9.92. The van der Waals surface area contributed by atoms with E-state index in [0.717, 1.165) is 21.9 Å². The minimum atomic E-state index is 0.521. The topological polar surface area (TPSA) is 43.1 Å². The Balaban J connectivity index is 3.49. The molecular weight excluding hydrogens is 218 g/mol. The Morgan fingerprint density at radius 3 is 2.58 bits per heavy atom. The van der Waals surface area contributed by atoms with Crippen molar-refractivity contribution in [2.24, 2.45) is 0 Å². The van der Waals surface area contributed by atoms with Crippen molar-refractivity contribution in [3.8, 4) is 0 Å². The molecule has 0 saturated heterocycles. The summed E-state index contributed by atoms with van der Waals surface area (Å²) in [6, 6.07) is 1.79. The van der Waals surface area contributed by atoms with Gasteiger partial charge in [-0.15, -0.1) is 0 Å². The van der Waals surface area contributed by atoms with E-state index in [1.54, 1.807) is 6.07 Å². The number of benzene rings is 1. The quantitative estimate of drug-likeness (QED) is 0.592. The molecule has 0 heterocycles. The Morgan fingerprint density at radius 1 is 1.50 bits per heavy atom. The average molecular weight is 228 g/mol. The van der Waals surface area contributed by atoms with Crippen LogP contribution in [0.5, 0.6) is 0 Å². The van der Waals surface area contributed by atoms with Crippen LogP contribution < -0.4 is 5.73 Å². The van der Waals surface area contributed by atoms with Gasteiger partial charge in [0.1, 0.15) is 0 Å². The Bertz CT molecular complexity index is 334. The van der Waals surface area contributed by atoms with Gasteiger partial charge in [-0.2, -0.15) is 0 Å². The number of anilines is 1. The molecule has 0 atom stereocenters. The molecule has 12 heavy (non-hydrogen) atoms. The first-order valence-corrected chi connectivity index (χ1v) is 4.37. The maximum Gasteiger partial charge on any atom is 0.152 e. The maximum atomic E-state index is 10.5. The van der Waals surface area contributed by atoms with Crippen LogP contribution in [0.15, 0.2) is 10.5 Å². The number of rotatable bonds is 1. The molecule has 2 nitrogen and oxygen atoms in total. The van der Waals surface area contributed by atoms with Crippen molar-refractivity contribution >= 4 is 27.9 Å². The number of carbonyl (C=O) groups is 1. The fourth-order valence-electron chi connectivity index (χ4n) is 1.02. The molecule has 1 aromatic rings. The Hall–Kier alpha value is -0.830. The van der Waals surface area contributed by atoms with Crippen molar-refractivity contribution in [3.05, 3.63) is 27.2 Å². The molecule has 3 heteroatoms. The van der Waals surface area contributed by atoms with Crippen LogP contribution in [-0.2, 0) is 0 Å². The lowest BCUT2D eigenvalue weighted by atomic mass is 10.1. The van der Waals surface area contributed by atoms with E-state index in [1.807, 2.05) is 13.8 Å². The number of aldehydes is 1. The zero-order chi connectivity index (χ0) is 9.30. The van der Waals surface area contributed by atoms with Gasteiger partial charge in [0, 0.05) is 10.0 Å². The highest BCUT2D eigenvalue weighted by Gasteiger charge is 2.07. The summed E-state index contributed by atoms with van der Waals surface area (Å²) < 4.78 is 0.824. The average Bonchev–Trinajstić information content (AvgIpc) is 2.08. The Morgan fingerprint density at radius 2 is 2.08 bits per heavy atom. The van der Waals surface area contributed by atoms with Crippen molar-refractivity contribution in [1.29, 1.82) is 0 Å². The molecule has 64 valence electrons. The first-order valence-electron chi connectivity index (χ1n) is 3.58. The Labute approximate surface area is 79.9 Å². The number of hydrogen-bond acceptors (Lipinski definition) is 2. The van der Waals surface area contributed by atoms with Crippen molar-refractivity contribution < 1.29 is 4.79 Å². The maximum absolute atomic E-state index is 10.5. The Kier molecular flexibility index (Phi) is 2.52. The number of nitrogens with two attached hydrogens (primary N) is 1. The summed E-state index contributed by atoms with van der Waals surface area (Å²) in [5.41, 5.74) is 8.90. The lowest BCUT2D eigenvalue weighted by molar-refractivity contribution is 0.112.